The van der Waals surface area contributed by atoms with Gasteiger partial charge in [-0.05, 0) is 44.6 Å². The monoisotopic (exact) mass is 528 g/mol. The van der Waals surface area contributed by atoms with Crippen LogP contribution in [0.1, 0.15) is 48.0 Å². The number of carbonyl (C=O) groups is 3. The van der Waals surface area contributed by atoms with Crippen molar-refractivity contribution >= 4 is 46.7 Å². The Labute approximate surface area is 219 Å². The summed E-state index contributed by atoms with van der Waals surface area (Å²) in [5, 5.41) is 4.99. The van der Waals surface area contributed by atoms with Gasteiger partial charge < -0.3 is 21.7 Å². The van der Waals surface area contributed by atoms with E-state index in [1.165, 1.54) is 11.3 Å². The zero-order chi connectivity index (χ0) is 25.7. The van der Waals surface area contributed by atoms with Crippen molar-refractivity contribution in [1.82, 2.24) is 15.2 Å². The summed E-state index contributed by atoms with van der Waals surface area (Å²) >= 11 is 2.87. The van der Waals surface area contributed by atoms with Crippen molar-refractivity contribution in [3.63, 3.8) is 0 Å². The Morgan fingerprint density at radius 1 is 1.31 bits per heavy atom. The lowest BCUT2D eigenvalue weighted by atomic mass is 9.86. The molecule has 11 heteroatoms. The molecule has 5 N–H and O–H groups in total. The molecule has 4 atom stereocenters. The summed E-state index contributed by atoms with van der Waals surface area (Å²) in [6, 6.07) is 8.57. The number of nitrogens with one attached hydrogen (secondary N) is 1. The van der Waals surface area contributed by atoms with Gasteiger partial charge in [-0.2, -0.15) is 0 Å². The number of nitrogens with zero attached hydrogens (tertiary/aromatic N) is 3. The molecule has 36 heavy (non-hydrogen) atoms. The number of carbonyl (C=O) groups excluding carboxylic acids is 3. The van der Waals surface area contributed by atoms with Crippen LogP contribution in [0.25, 0.3) is 0 Å². The zero-order valence-corrected chi connectivity index (χ0v) is 21.9. The molecule has 0 radical (unpaired) electrons. The van der Waals surface area contributed by atoms with Gasteiger partial charge in [-0.25, -0.2) is 4.98 Å². The average molecular weight is 529 g/mol. The minimum Gasteiger partial charge on any atom is -0.370 e. The van der Waals surface area contributed by atoms with Gasteiger partial charge in [0, 0.05) is 29.8 Å². The van der Waals surface area contributed by atoms with Gasteiger partial charge in [0.05, 0.1) is 10.9 Å². The average Bonchev–Trinajstić information content (AvgIpc) is 3.52. The fourth-order valence-corrected chi connectivity index (χ4v) is 6.96. The van der Waals surface area contributed by atoms with Gasteiger partial charge in [0.2, 0.25) is 17.6 Å². The maximum Gasteiger partial charge on any atom is 0.244 e. The second kappa shape index (κ2) is 11.4. The number of nitrogens with two attached hydrogens (primary N) is 2. The van der Waals surface area contributed by atoms with E-state index in [0.717, 1.165) is 18.4 Å². The Bertz CT molecular complexity index is 1110. The number of Topliss-reactive ketones (excluding diaryl/α,β-unsaturated/α-hetero) is 1. The van der Waals surface area contributed by atoms with E-state index in [-0.39, 0.29) is 29.5 Å². The summed E-state index contributed by atoms with van der Waals surface area (Å²) in [4.78, 5) is 49.7. The van der Waals surface area contributed by atoms with Gasteiger partial charge in [-0.1, -0.05) is 30.3 Å². The molecule has 9 nitrogen and oxygen atoms in total. The Kier molecular flexibility index (Phi) is 8.30. The molecule has 2 fully saturated rings. The fraction of sp³-hybridized carbons (Fsp3) is 0.480. The first-order valence-corrected chi connectivity index (χ1v) is 14.0. The normalized spacial score (nSPS) is 24.1. The van der Waals surface area contributed by atoms with Crippen LogP contribution >= 0.6 is 23.1 Å². The highest BCUT2D eigenvalue weighted by Crippen LogP contribution is 2.47. The minimum absolute atomic E-state index is 0.00770. The number of thioether (sulfide) groups is 1. The molecule has 0 saturated carbocycles. The molecule has 2 aliphatic rings. The third kappa shape index (κ3) is 5.89. The molecule has 192 valence electrons. The third-order valence-corrected chi connectivity index (χ3v) is 9.06. The van der Waals surface area contributed by atoms with Gasteiger partial charge in [0.25, 0.3) is 0 Å². The van der Waals surface area contributed by atoms with Crippen LogP contribution in [0.5, 0.6) is 0 Å². The summed E-state index contributed by atoms with van der Waals surface area (Å²) in [5.41, 5.74) is 11.9. The topological polar surface area (TPSA) is 144 Å². The first-order chi connectivity index (χ1) is 17.3. The summed E-state index contributed by atoms with van der Waals surface area (Å²) in [6.07, 6.45) is 4.71. The number of benzene rings is 1. The van der Waals surface area contributed by atoms with Crippen LogP contribution < -0.4 is 16.8 Å². The molecule has 2 saturated heterocycles. The first-order valence-electron chi connectivity index (χ1n) is 12.1. The van der Waals surface area contributed by atoms with Gasteiger partial charge >= 0.3 is 0 Å². The van der Waals surface area contributed by atoms with E-state index in [0.29, 0.717) is 36.6 Å². The van der Waals surface area contributed by atoms with Crippen LogP contribution in [-0.4, -0.2) is 62.7 Å². The molecule has 1 aromatic carbocycles. The summed E-state index contributed by atoms with van der Waals surface area (Å²) in [5.74, 6) is -0.230. The van der Waals surface area contributed by atoms with E-state index >= 15 is 0 Å². The lowest BCUT2D eigenvalue weighted by molar-refractivity contribution is -0.149. The number of thiazole rings is 1. The Balaban J connectivity index is 1.48. The molecular formula is C25H32N6O3S2. The quantitative estimate of drug-likeness (QED) is 0.186. The number of aliphatic imine (C=N–C) groups is 1. The maximum atomic E-state index is 13.6. The predicted molar refractivity (Wildman–Crippen MR) is 143 cm³/mol. The number of rotatable bonds is 10. The first kappa shape index (κ1) is 26.2. The second-order valence-corrected chi connectivity index (χ2v) is 11.7. The van der Waals surface area contributed by atoms with E-state index in [1.54, 1.807) is 28.2 Å². The van der Waals surface area contributed by atoms with Crippen LogP contribution in [0, 0.1) is 5.92 Å². The summed E-state index contributed by atoms with van der Waals surface area (Å²) in [6.45, 7) is 2.39. The van der Waals surface area contributed by atoms with Crippen LogP contribution in [-0.2, 0) is 16.0 Å². The van der Waals surface area contributed by atoms with Gasteiger partial charge in [0.1, 0.15) is 6.04 Å². The maximum absolute atomic E-state index is 13.6. The molecule has 1 aromatic heterocycles. The molecule has 2 aromatic rings. The molecule has 0 spiro atoms. The predicted octanol–water partition coefficient (Wildman–Crippen LogP) is 2.18. The number of aromatic nitrogens is 1. The van der Waals surface area contributed by atoms with Gasteiger partial charge in [-0.3, -0.25) is 19.4 Å². The molecular weight excluding hydrogens is 496 g/mol. The Morgan fingerprint density at radius 2 is 2.08 bits per heavy atom. The van der Waals surface area contributed by atoms with Crippen molar-refractivity contribution in [2.24, 2.45) is 22.4 Å². The summed E-state index contributed by atoms with van der Waals surface area (Å²) in [7, 11) is 0. The van der Waals surface area contributed by atoms with Crippen LogP contribution in [0.2, 0.25) is 0 Å². The number of amides is 2. The molecule has 0 bridgehead atoms. The standard InChI is InChI=1S/C25H32N6O3S2/c1-25-10-9-17(14-16-6-3-2-4-7-16)23(34)31(25)19(15-36-25)21(33)30-18(8-5-11-29-24(26)27)20(32)22-28-12-13-35-22/h2-4,6-7,12-13,17-19H,5,8-11,14-15H2,1H3,(H,30,33)(H4,26,27,29)/t17-,18?,19-,25-/m0/s1. The minimum atomic E-state index is -0.769. The molecule has 3 heterocycles. The zero-order valence-electron chi connectivity index (χ0n) is 20.3. The second-order valence-electron chi connectivity index (χ2n) is 9.35. The molecule has 4 rings (SSSR count). The SMILES string of the molecule is C[C@]12CC[C@@H](Cc3ccccc3)C(=O)N1[C@H](C(=O)NC(CCCN=C(N)N)C(=O)c1nccs1)CS2. The highest BCUT2D eigenvalue weighted by Gasteiger charge is 2.53. The number of fused-ring (bicyclic) bond motifs is 1. The largest absolute Gasteiger partial charge is 0.370 e. The van der Waals surface area contributed by atoms with Gasteiger partial charge in [0.15, 0.2) is 11.0 Å². The lowest BCUT2D eigenvalue weighted by Gasteiger charge is -2.44. The van der Waals surface area contributed by atoms with Crippen molar-refractivity contribution in [2.75, 3.05) is 12.3 Å². The van der Waals surface area contributed by atoms with E-state index in [4.69, 9.17) is 11.5 Å². The number of ketones is 1. The number of hydrogen-bond donors (Lipinski definition) is 3. The van der Waals surface area contributed by atoms with Crippen LogP contribution in [0.4, 0.5) is 0 Å². The van der Waals surface area contributed by atoms with Gasteiger partial charge in [-0.15, -0.1) is 23.1 Å². The molecule has 0 aliphatic carbocycles. The molecule has 2 aliphatic heterocycles. The molecule has 1 unspecified atom stereocenters. The Morgan fingerprint density at radius 3 is 2.78 bits per heavy atom. The van der Waals surface area contributed by atoms with E-state index < -0.39 is 17.0 Å². The van der Waals surface area contributed by atoms with Crippen molar-refractivity contribution in [1.29, 1.82) is 0 Å². The Hall–Kier alpha value is -2.92. The van der Waals surface area contributed by atoms with E-state index in [1.807, 2.05) is 37.3 Å². The van der Waals surface area contributed by atoms with E-state index in [9.17, 15) is 14.4 Å². The lowest BCUT2D eigenvalue weighted by Crippen LogP contribution is -2.59. The highest BCUT2D eigenvalue weighted by atomic mass is 32.2. The van der Waals surface area contributed by atoms with Crippen molar-refractivity contribution in [3.05, 3.63) is 52.5 Å². The number of piperidine rings is 1. The fourth-order valence-electron chi connectivity index (χ4n) is 4.89. The summed E-state index contributed by atoms with van der Waals surface area (Å²) < 4.78 is 0. The smallest absolute Gasteiger partial charge is 0.244 e. The number of guanidine groups is 1. The highest BCUT2D eigenvalue weighted by molar-refractivity contribution is 8.00. The van der Waals surface area contributed by atoms with E-state index in [2.05, 4.69) is 15.3 Å². The molecule has 2 amide bonds. The van der Waals surface area contributed by atoms with Crippen molar-refractivity contribution < 1.29 is 14.4 Å². The van der Waals surface area contributed by atoms with Crippen LogP contribution in [0.15, 0.2) is 46.9 Å². The van der Waals surface area contributed by atoms with Crippen molar-refractivity contribution in [3.8, 4) is 0 Å². The van der Waals surface area contributed by atoms with Crippen LogP contribution in [0.3, 0.4) is 0 Å². The van der Waals surface area contributed by atoms with Crippen molar-refractivity contribution in [2.45, 2.75) is 56.0 Å². The number of hydrogen-bond acceptors (Lipinski definition) is 7. The third-order valence-electron chi connectivity index (χ3n) is 6.77.